The fourth-order valence-corrected chi connectivity index (χ4v) is 2.69. The molecule has 3 heteroatoms. The van der Waals surface area contributed by atoms with Crippen molar-refractivity contribution in [2.24, 2.45) is 0 Å². The van der Waals surface area contributed by atoms with Gasteiger partial charge in [-0.05, 0) is 55.2 Å². The summed E-state index contributed by atoms with van der Waals surface area (Å²) in [5, 5.41) is 11.6. The number of halogens is 2. The van der Waals surface area contributed by atoms with Crippen LogP contribution in [0.3, 0.4) is 0 Å². The van der Waals surface area contributed by atoms with Gasteiger partial charge in [0.25, 0.3) is 0 Å². The molecule has 0 fully saturated rings. The molecular weight excluding hydrogens is 291 g/mol. The van der Waals surface area contributed by atoms with E-state index >= 15 is 0 Å². The second-order valence-corrected chi connectivity index (χ2v) is 6.07. The van der Waals surface area contributed by atoms with E-state index in [4.69, 9.17) is 23.2 Å². The molecule has 20 heavy (non-hydrogen) atoms. The molecule has 2 aromatic rings. The van der Waals surface area contributed by atoms with Crippen molar-refractivity contribution in [2.45, 2.75) is 32.8 Å². The van der Waals surface area contributed by atoms with Crippen LogP contribution in [0.15, 0.2) is 36.4 Å². The van der Waals surface area contributed by atoms with E-state index in [0.717, 1.165) is 5.56 Å². The third kappa shape index (κ3) is 3.99. The van der Waals surface area contributed by atoms with E-state index < -0.39 is 6.10 Å². The molecule has 2 aromatic carbocycles. The van der Waals surface area contributed by atoms with Gasteiger partial charge in [0, 0.05) is 16.5 Å². The second-order valence-electron chi connectivity index (χ2n) is 5.23. The topological polar surface area (TPSA) is 20.2 Å². The Hall–Kier alpha value is -1.02. The summed E-state index contributed by atoms with van der Waals surface area (Å²) in [5.41, 5.74) is 4.47. The quantitative estimate of drug-likeness (QED) is 0.863. The highest BCUT2D eigenvalue weighted by molar-refractivity contribution is 6.33. The van der Waals surface area contributed by atoms with Crippen molar-refractivity contribution in [3.8, 4) is 0 Å². The third-order valence-electron chi connectivity index (χ3n) is 3.42. The van der Waals surface area contributed by atoms with E-state index in [1.54, 1.807) is 12.1 Å². The van der Waals surface area contributed by atoms with E-state index in [9.17, 15) is 5.11 Å². The number of rotatable bonds is 4. The maximum absolute atomic E-state index is 10.3. The molecule has 1 unspecified atom stereocenters. The van der Waals surface area contributed by atoms with Gasteiger partial charge in [-0.25, -0.2) is 0 Å². The van der Waals surface area contributed by atoms with E-state index in [-0.39, 0.29) is 0 Å². The Morgan fingerprint density at radius 3 is 2.40 bits per heavy atom. The highest BCUT2D eigenvalue weighted by atomic mass is 35.5. The van der Waals surface area contributed by atoms with Crippen LogP contribution in [0.25, 0.3) is 0 Å². The molecule has 0 aliphatic carbocycles. The molecule has 2 rings (SSSR count). The lowest BCUT2D eigenvalue weighted by Crippen LogP contribution is -2.15. The maximum Gasteiger partial charge on any atom is 0.0621 e. The lowest BCUT2D eigenvalue weighted by Gasteiger charge is -2.14. The largest absolute Gasteiger partial charge is 0.392 e. The summed E-state index contributed by atoms with van der Waals surface area (Å²) in [6.45, 7) is 4.12. The Kier molecular flexibility index (Phi) is 5.09. The van der Waals surface area contributed by atoms with Gasteiger partial charge < -0.3 is 5.11 Å². The molecule has 0 saturated heterocycles. The predicted octanol–water partition coefficient (Wildman–Crippen LogP) is 4.76. The third-order valence-corrected chi connectivity index (χ3v) is 4.03. The van der Waals surface area contributed by atoms with Crippen molar-refractivity contribution < 1.29 is 5.11 Å². The summed E-state index contributed by atoms with van der Waals surface area (Å²) >= 11 is 12.1. The standard InChI is InChI=1S/C17H18Cl2O/c1-11-3-4-12(2)13(7-11)9-16(20)10-14-8-15(18)5-6-17(14)19/h3-8,16,20H,9-10H2,1-2H3. The fraction of sp³-hybridized carbons (Fsp3) is 0.294. The molecule has 0 aliphatic rings. The molecule has 1 atom stereocenters. The zero-order chi connectivity index (χ0) is 14.7. The van der Waals surface area contributed by atoms with Crippen LogP contribution in [0, 0.1) is 13.8 Å². The Morgan fingerprint density at radius 1 is 0.950 bits per heavy atom. The monoisotopic (exact) mass is 308 g/mol. The number of aliphatic hydroxyl groups excluding tert-OH is 1. The minimum atomic E-state index is -0.466. The normalized spacial score (nSPS) is 12.4. The average molecular weight is 309 g/mol. The summed E-state index contributed by atoms with van der Waals surface area (Å²) in [7, 11) is 0. The van der Waals surface area contributed by atoms with Gasteiger partial charge in [-0.2, -0.15) is 0 Å². The van der Waals surface area contributed by atoms with Gasteiger partial charge in [-0.3, -0.25) is 0 Å². The fourth-order valence-electron chi connectivity index (χ4n) is 2.30. The van der Waals surface area contributed by atoms with Gasteiger partial charge in [-0.15, -0.1) is 0 Å². The van der Waals surface area contributed by atoms with Gasteiger partial charge >= 0.3 is 0 Å². The SMILES string of the molecule is Cc1ccc(C)c(CC(O)Cc2cc(Cl)ccc2Cl)c1. The second kappa shape index (κ2) is 6.62. The summed E-state index contributed by atoms with van der Waals surface area (Å²) < 4.78 is 0. The summed E-state index contributed by atoms with van der Waals surface area (Å²) in [6, 6.07) is 11.6. The molecule has 0 radical (unpaired) electrons. The van der Waals surface area contributed by atoms with Gasteiger partial charge in [0.05, 0.1) is 6.10 Å². The number of aliphatic hydroxyl groups is 1. The minimum absolute atomic E-state index is 0.466. The van der Waals surface area contributed by atoms with Crippen LogP contribution in [0.5, 0.6) is 0 Å². The first-order valence-electron chi connectivity index (χ1n) is 6.64. The van der Waals surface area contributed by atoms with E-state index in [1.165, 1.54) is 16.7 Å². The van der Waals surface area contributed by atoms with Crippen LogP contribution in [-0.4, -0.2) is 11.2 Å². The van der Waals surface area contributed by atoms with Crippen molar-refractivity contribution in [1.82, 2.24) is 0 Å². The van der Waals surface area contributed by atoms with Crippen LogP contribution in [0.4, 0.5) is 0 Å². The smallest absolute Gasteiger partial charge is 0.0621 e. The summed E-state index contributed by atoms with van der Waals surface area (Å²) in [5.74, 6) is 0. The molecule has 1 N–H and O–H groups in total. The molecule has 106 valence electrons. The van der Waals surface area contributed by atoms with E-state index in [0.29, 0.717) is 22.9 Å². The first-order chi connectivity index (χ1) is 9.45. The Balaban J connectivity index is 2.10. The molecule has 0 heterocycles. The Morgan fingerprint density at radius 2 is 1.65 bits per heavy atom. The molecule has 0 aliphatic heterocycles. The van der Waals surface area contributed by atoms with Gasteiger partial charge in [0.1, 0.15) is 0 Å². The van der Waals surface area contributed by atoms with Crippen molar-refractivity contribution in [3.63, 3.8) is 0 Å². The lowest BCUT2D eigenvalue weighted by atomic mass is 9.97. The van der Waals surface area contributed by atoms with Crippen molar-refractivity contribution >= 4 is 23.2 Å². The van der Waals surface area contributed by atoms with Crippen LogP contribution >= 0.6 is 23.2 Å². The van der Waals surface area contributed by atoms with Crippen molar-refractivity contribution in [2.75, 3.05) is 0 Å². The predicted molar refractivity (Wildman–Crippen MR) is 85.8 cm³/mol. The molecule has 0 amide bonds. The van der Waals surface area contributed by atoms with E-state index in [1.807, 2.05) is 6.07 Å². The average Bonchev–Trinajstić information content (AvgIpc) is 2.38. The Labute approximate surface area is 130 Å². The maximum atomic E-state index is 10.3. The van der Waals surface area contributed by atoms with Crippen molar-refractivity contribution in [1.29, 1.82) is 0 Å². The van der Waals surface area contributed by atoms with E-state index in [2.05, 4.69) is 32.0 Å². The first-order valence-corrected chi connectivity index (χ1v) is 7.39. The first kappa shape index (κ1) is 15.4. The van der Waals surface area contributed by atoms with Crippen LogP contribution in [0.2, 0.25) is 10.0 Å². The lowest BCUT2D eigenvalue weighted by molar-refractivity contribution is 0.175. The van der Waals surface area contributed by atoms with Gasteiger partial charge in [0.2, 0.25) is 0 Å². The number of aryl methyl sites for hydroxylation is 2. The van der Waals surface area contributed by atoms with Gasteiger partial charge in [-0.1, -0.05) is 47.0 Å². The highest BCUT2D eigenvalue weighted by Crippen LogP contribution is 2.23. The molecule has 0 saturated carbocycles. The van der Waals surface area contributed by atoms with Crippen LogP contribution in [-0.2, 0) is 12.8 Å². The Bertz CT molecular complexity index is 554. The molecule has 0 spiro atoms. The van der Waals surface area contributed by atoms with Crippen molar-refractivity contribution in [3.05, 3.63) is 68.7 Å². The number of benzene rings is 2. The molecule has 0 aromatic heterocycles. The van der Waals surface area contributed by atoms with Crippen LogP contribution in [0.1, 0.15) is 22.3 Å². The van der Waals surface area contributed by atoms with Crippen LogP contribution < -0.4 is 0 Å². The minimum Gasteiger partial charge on any atom is -0.392 e. The number of hydrogen-bond donors (Lipinski definition) is 1. The zero-order valence-corrected chi connectivity index (χ0v) is 13.2. The molecular formula is C17H18Cl2O. The number of hydrogen-bond acceptors (Lipinski definition) is 1. The zero-order valence-electron chi connectivity index (χ0n) is 11.7. The summed E-state index contributed by atoms with van der Waals surface area (Å²) in [4.78, 5) is 0. The summed E-state index contributed by atoms with van der Waals surface area (Å²) in [6.07, 6.45) is 0.662. The molecule has 0 bridgehead atoms. The highest BCUT2D eigenvalue weighted by Gasteiger charge is 2.11. The molecule has 1 nitrogen and oxygen atoms in total. The van der Waals surface area contributed by atoms with Gasteiger partial charge in [0.15, 0.2) is 0 Å².